The number of ether oxygens (including phenoxy) is 2. The van der Waals surface area contributed by atoms with Crippen LogP contribution in [0, 0.1) is 0 Å². The Morgan fingerprint density at radius 2 is 1.90 bits per heavy atom. The van der Waals surface area contributed by atoms with Crippen molar-refractivity contribution in [2.75, 3.05) is 37.8 Å². The summed E-state index contributed by atoms with van der Waals surface area (Å²) in [5, 5.41) is 0.565. The number of hydrogen-bond donors (Lipinski definition) is 0. The predicted octanol–water partition coefficient (Wildman–Crippen LogP) is 3.05. The normalized spacial score (nSPS) is 14.2. The van der Waals surface area contributed by atoms with E-state index in [4.69, 9.17) is 21.1 Å². The maximum atomic E-state index is 12.9. The largest absolute Gasteiger partial charge is 0.462 e. The second-order valence-corrected chi connectivity index (χ2v) is 6.94. The molecule has 1 aromatic carbocycles. The molecule has 0 unspecified atom stereocenters. The van der Waals surface area contributed by atoms with Crippen molar-refractivity contribution in [3.63, 3.8) is 0 Å². The quantitative estimate of drug-likeness (QED) is 0.483. The molecule has 1 aliphatic rings. The summed E-state index contributed by atoms with van der Waals surface area (Å²) in [5.74, 6) is -0.660. The van der Waals surface area contributed by atoms with Crippen LogP contribution in [0.1, 0.15) is 17.3 Å². The highest BCUT2D eigenvalue weighted by Crippen LogP contribution is 2.28. The lowest BCUT2D eigenvalue weighted by atomic mass is 10.1. The van der Waals surface area contributed by atoms with Crippen LogP contribution in [0.4, 0.5) is 5.69 Å². The maximum Gasteiger partial charge on any atom is 0.343 e. The van der Waals surface area contributed by atoms with Crippen LogP contribution in [-0.2, 0) is 9.47 Å². The molecular weight excluding hydrogens is 394 g/mol. The van der Waals surface area contributed by atoms with Gasteiger partial charge in [-0.25, -0.2) is 9.78 Å². The standard InChI is InChI=1S/C21H20ClN3O4/c1-2-29-21(27)15-13-25(20-14(19(15)26)7-8-18(22)23-20)17-6-4-3-5-16(17)24-9-11-28-12-10-24/h3-8,13H,2,9-12H2,1H3. The number of fused-ring (bicyclic) bond motifs is 1. The molecule has 0 bridgehead atoms. The van der Waals surface area contributed by atoms with Gasteiger partial charge in [-0.1, -0.05) is 23.7 Å². The number of hydrogen-bond acceptors (Lipinski definition) is 6. The Labute approximate surface area is 172 Å². The third-order valence-electron chi connectivity index (χ3n) is 4.81. The van der Waals surface area contributed by atoms with Gasteiger partial charge >= 0.3 is 5.97 Å². The molecule has 0 atom stereocenters. The second-order valence-electron chi connectivity index (χ2n) is 6.56. The molecule has 0 spiro atoms. The molecule has 1 fully saturated rings. The molecule has 3 aromatic rings. The third kappa shape index (κ3) is 3.71. The highest BCUT2D eigenvalue weighted by molar-refractivity contribution is 6.29. The molecule has 2 aromatic heterocycles. The predicted molar refractivity (Wildman–Crippen MR) is 111 cm³/mol. The zero-order valence-electron chi connectivity index (χ0n) is 15.9. The van der Waals surface area contributed by atoms with Crippen LogP contribution in [-0.4, -0.2) is 48.4 Å². The fourth-order valence-corrected chi connectivity index (χ4v) is 3.60. The Bertz CT molecular complexity index is 1120. The molecule has 29 heavy (non-hydrogen) atoms. The van der Waals surface area contributed by atoms with E-state index < -0.39 is 11.4 Å². The van der Waals surface area contributed by atoms with Gasteiger partial charge in [-0.05, 0) is 31.2 Å². The summed E-state index contributed by atoms with van der Waals surface area (Å²) in [7, 11) is 0. The van der Waals surface area contributed by atoms with E-state index in [1.165, 1.54) is 6.20 Å². The van der Waals surface area contributed by atoms with E-state index in [1.807, 2.05) is 24.3 Å². The maximum absolute atomic E-state index is 12.9. The molecule has 0 radical (unpaired) electrons. The molecule has 4 rings (SSSR count). The van der Waals surface area contributed by atoms with Gasteiger partial charge in [0.2, 0.25) is 5.43 Å². The van der Waals surface area contributed by atoms with E-state index in [0.717, 1.165) is 24.5 Å². The van der Waals surface area contributed by atoms with Crippen molar-refractivity contribution in [2.45, 2.75) is 6.92 Å². The Morgan fingerprint density at radius 3 is 2.62 bits per heavy atom. The molecule has 8 heteroatoms. The van der Waals surface area contributed by atoms with Gasteiger partial charge in [0.25, 0.3) is 0 Å². The number of nitrogens with zero attached hydrogens (tertiary/aromatic N) is 3. The van der Waals surface area contributed by atoms with Crippen molar-refractivity contribution in [2.24, 2.45) is 0 Å². The Morgan fingerprint density at radius 1 is 1.17 bits per heavy atom. The number of pyridine rings is 2. The number of para-hydroxylation sites is 2. The lowest BCUT2D eigenvalue weighted by Crippen LogP contribution is -2.36. The Hall–Kier alpha value is -2.90. The van der Waals surface area contributed by atoms with E-state index in [9.17, 15) is 9.59 Å². The summed E-state index contributed by atoms with van der Waals surface area (Å²) >= 11 is 6.13. The summed E-state index contributed by atoms with van der Waals surface area (Å²) in [6, 6.07) is 10.9. The average molecular weight is 414 g/mol. The Kier molecular flexibility index (Phi) is 5.51. The summed E-state index contributed by atoms with van der Waals surface area (Å²) < 4.78 is 12.3. The zero-order valence-corrected chi connectivity index (χ0v) is 16.7. The molecular formula is C21H20ClN3O4. The van der Waals surface area contributed by atoms with E-state index in [-0.39, 0.29) is 17.3 Å². The highest BCUT2D eigenvalue weighted by atomic mass is 35.5. The van der Waals surface area contributed by atoms with Gasteiger partial charge in [0.1, 0.15) is 16.4 Å². The monoisotopic (exact) mass is 413 g/mol. The number of anilines is 1. The number of carbonyl (C=O) groups excluding carboxylic acids is 1. The molecule has 1 aliphatic heterocycles. The number of rotatable bonds is 4. The third-order valence-corrected chi connectivity index (χ3v) is 5.02. The smallest absolute Gasteiger partial charge is 0.343 e. The first-order valence-corrected chi connectivity index (χ1v) is 9.79. The van der Waals surface area contributed by atoms with Crippen LogP contribution in [0.15, 0.2) is 47.4 Å². The van der Waals surface area contributed by atoms with Crippen LogP contribution in [0.3, 0.4) is 0 Å². The first kappa shape index (κ1) is 19.4. The fraction of sp³-hybridized carbons (Fsp3) is 0.286. The van der Waals surface area contributed by atoms with Gasteiger partial charge in [0.15, 0.2) is 0 Å². The molecule has 0 N–H and O–H groups in total. The highest BCUT2D eigenvalue weighted by Gasteiger charge is 2.21. The van der Waals surface area contributed by atoms with E-state index in [0.29, 0.717) is 24.2 Å². The number of aromatic nitrogens is 2. The van der Waals surface area contributed by atoms with Gasteiger partial charge < -0.3 is 14.4 Å². The molecule has 3 heterocycles. The van der Waals surface area contributed by atoms with Crippen molar-refractivity contribution in [3.05, 3.63) is 63.5 Å². The fourth-order valence-electron chi connectivity index (χ4n) is 3.46. The molecule has 150 valence electrons. The summed E-state index contributed by atoms with van der Waals surface area (Å²) in [5.41, 5.74) is 1.66. The minimum atomic E-state index is -0.660. The van der Waals surface area contributed by atoms with E-state index in [2.05, 4.69) is 9.88 Å². The van der Waals surface area contributed by atoms with Gasteiger partial charge in [0, 0.05) is 19.3 Å². The van der Waals surface area contributed by atoms with Gasteiger partial charge in [-0.15, -0.1) is 0 Å². The summed E-state index contributed by atoms with van der Waals surface area (Å²) in [6.07, 6.45) is 1.49. The number of morpholine rings is 1. The molecule has 0 aliphatic carbocycles. The second kappa shape index (κ2) is 8.23. The Balaban J connectivity index is 1.98. The number of carbonyl (C=O) groups is 1. The molecule has 0 saturated carbocycles. The van der Waals surface area contributed by atoms with Gasteiger partial charge in [0.05, 0.1) is 36.6 Å². The zero-order chi connectivity index (χ0) is 20.4. The minimum absolute atomic E-state index is 0.0414. The summed E-state index contributed by atoms with van der Waals surface area (Å²) in [6.45, 7) is 4.64. The van der Waals surface area contributed by atoms with Crippen molar-refractivity contribution in [1.29, 1.82) is 0 Å². The van der Waals surface area contributed by atoms with Crippen molar-refractivity contribution >= 4 is 34.3 Å². The first-order chi connectivity index (χ1) is 14.1. The minimum Gasteiger partial charge on any atom is -0.462 e. The van der Waals surface area contributed by atoms with E-state index >= 15 is 0 Å². The first-order valence-electron chi connectivity index (χ1n) is 9.41. The van der Waals surface area contributed by atoms with Crippen LogP contribution in [0.5, 0.6) is 0 Å². The van der Waals surface area contributed by atoms with Crippen LogP contribution in [0.25, 0.3) is 16.7 Å². The summed E-state index contributed by atoms with van der Waals surface area (Å²) in [4.78, 5) is 31.9. The van der Waals surface area contributed by atoms with Crippen LogP contribution >= 0.6 is 11.6 Å². The molecule has 7 nitrogen and oxygen atoms in total. The molecule has 0 amide bonds. The number of benzene rings is 1. The van der Waals surface area contributed by atoms with Crippen molar-refractivity contribution in [3.8, 4) is 5.69 Å². The lowest BCUT2D eigenvalue weighted by molar-refractivity contribution is 0.0524. The van der Waals surface area contributed by atoms with Crippen molar-refractivity contribution < 1.29 is 14.3 Å². The average Bonchev–Trinajstić information content (AvgIpc) is 2.75. The number of esters is 1. The van der Waals surface area contributed by atoms with Crippen LogP contribution in [0.2, 0.25) is 5.15 Å². The number of halogens is 1. The van der Waals surface area contributed by atoms with Crippen molar-refractivity contribution in [1.82, 2.24) is 9.55 Å². The van der Waals surface area contributed by atoms with Gasteiger partial charge in [-0.3, -0.25) is 9.36 Å². The lowest BCUT2D eigenvalue weighted by Gasteiger charge is -2.31. The molecule has 1 saturated heterocycles. The van der Waals surface area contributed by atoms with Crippen LogP contribution < -0.4 is 10.3 Å². The van der Waals surface area contributed by atoms with E-state index in [1.54, 1.807) is 23.6 Å². The SMILES string of the molecule is CCOC(=O)c1cn(-c2ccccc2N2CCOCC2)c2nc(Cl)ccc2c1=O. The topological polar surface area (TPSA) is 73.7 Å². The van der Waals surface area contributed by atoms with Gasteiger partial charge in [-0.2, -0.15) is 0 Å².